The molecule has 3 aliphatic heterocycles. The molecular formula is C23H18Cl2F4N2O5S. The molecule has 0 saturated carbocycles. The van der Waals surface area contributed by atoms with Crippen molar-refractivity contribution >= 4 is 45.9 Å². The number of hydrogen-bond donors (Lipinski definition) is 1. The van der Waals surface area contributed by atoms with Crippen LogP contribution in [-0.4, -0.2) is 50.3 Å². The summed E-state index contributed by atoms with van der Waals surface area (Å²) in [6.45, 7) is 0.723. The molecular weight excluding hydrogens is 563 g/mol. The van der Waals surface area contributed by atoms with Crippen LogP contribution >= 0.6 is 23.2 Å². The highest BCUT2D eigenvalue weighted by Gasteiger charge is 2.62. The highest BCUT2D eigenvalue weighted by Crippen LogP contribution is 2.50. The number of fused-ring (bicyclic) bond motifs is 2. The molecule has 37 heavy (non-hydrogen) atoms. The molecule has 7 nitrogen and oxygen atoms in total. The van der Waals surface area contributed by atoms with Gasteiger partial charge in [0.25, 0.3) is 5.60 Å². The molecule has 1 amide bonds. The molecule has 198 valence electrons. The van der Waals surface area contributed by atoms with Gasteiger partial charge in [-0.2, -0.15) is 13.2 Å². The number of carbonyl (C=O) groups excluding carboxylic acids is 1. The van der Waals surface area contributed by atoms with E-state index in [0.717, 1.165) is 23.3 Å². The van der Waals surface area contributed by atoms with E-state index in [-0.39, 0.29) is 43.5 Å². The van der Waals surface area contributed by atoms with Gasteiger partial charge in [0.15, 0.2) is 16.9 Å². The lowest BCUT2D eigenvalue weighted by Crippen LogP contribution is -2.61. The van der Waals surface area contributed by atoms with Crippen LogP contribution in [0.2, 0.25) is 10.0 Å². The summed E-state index contributed by atoms with van der Waals surface area (Å²) in [5, 5.41) is 2.59. The van der Waals surface area contributed by atoms with Crippen molar-refractivity contribution in [3.05, 3.63) is 68.4 Å². The van der Waals surface area contributed by atoms with E-state index in [9.17, 15) is 26.6 Å². The summed E-state index contributed by atoms with van der Waals surface area (Å²) in [4.78, 5) is 18.7. The number of hydrogen-bond acceptors (Lipinski definition) is 5. The van der Waals surface area contributed by atoms with Gasteiger partial charge in [0.1, 0.15) is 5.60 Å². The molecule has 3 aliphatic rings. The van der Waals surface area contributed by atoms with Gasteiger partial charge in [-0.05, 0) is 34.9 Å². The summed E-state index contributed by atoms with van der Waals surface area (Å²) in [5.41, 5.74) is -2.13. The predicted molar refractivity (Wildman–Crippen MR) is 126 cm³/mol. The molecule has 3 heterocycles. The van der Waals surface area contributed by atoms with Gasteiger partial charge in [0, 0.05) is 18.4 Å². The lowest BCUT2D eigenvalue weighted by Gasteiger charge is -2.47. The first-order valence-corrected chi connectivity index (χ1v) is 13.0. The molecule has 1 N–H and O–H groups in total. The molecule has 1 fully saturated rings. The van der Waals surface area contributed by atoms with Crippen LogP contribution in [0.1, 0.15) is 35.1 Å². The molecule has 5 rings (SSSR count). The van der Waals surface area contributed by atoms with Crippen molar-refractivity contribution in [2.45, 2.75) is 36.8 Å². The number of carbonyl (C=O) groups is 1. The SMILES string of the molecule is O=C(CCS(=O)O)N1CC2(C1)OCc1cc(C3=NO[C@](c4cc(Cl)c(F)c(Cl)c4)(C(F)(F)F)C3)ccc12. The van der Waals surface area contributed by atoms with Gasteiger partial charge in [-0.1, -0.05) is 40.5 Å². The van der Waals surface area contributed by atoms with E-state index in [1.54, 1.807) is 18.2 Å². The first kappa shape index (κ1) is 26.4. The van der Waals surface area contributed by atoms with Gasteiger partial charge >= 0.3 is 6.18 Å². The second-order valence-corrected chi connectivity index (χ2v) is 10.9. The second kappa shape index (κ2) is 9.19. The van der Waals surface area contributed by atoms with Crippen molar-refractivity contribution < 1.29 is 40.7 Å². The standard InChI is InChI=1S/C23H18Cl2F4N2O5S/c24-16-6-14(7-17(25)20(16)26)22(23(27,28)29)8-18(30-36-22)12-1-2-15-13(5-12)9-35-21(15)10-31(11-21)19(32)3-4-37(33)34/h1-2,5-7H,3-4,8-11H2,(H,33,34)/t22-/m1/s1. The van der Waals surface area contributed by atoms with Crippen molar-refractivity contribution in [1.29, 1.82) is 0 Å². The Morgan fingerprint density at radius 2 is 1.86 bits per heavy atom. The minimum absolute atomic E-state index is 0.0278. The van der Waals surface area contributed by atoms with Crippen molar-refractivity contribution in [1.82, 2.24) is 4.90 Å². The Labute approximate surface area is 220 Å². The Morgan fingerprint density at radius 3 is 2.49 bits per heavy atom. The lowest BCUT2D eigenvalue weighted by molar-refractivity contribution is -0.275. The third-order valence-corrected chi connectivity index (χ3v) is 7.91. The normalized spacial score (nSPS) is 22.9. The quantitative estimate of drug-likeness (QED) is 0.309. The fourth-order valence-electron chi connectivity index (χ4n) is 4.82. The van der Waals surface area contributed by atoms with Crippen LogP contribution in [0.25, 0.3) is 0 Å². The Bertz CT molecular complexity index is 1330. The fraction of sp³-hybridized carbons (Fsp3) is 0.391. The number of oxime groups is 1. The smallest absolute Gasteiger partial charge is 0.374 e. The maximum atomic E-state index is 14.3. The maximum Gasteiger partial charge on any atom is 0.435 e. The Hall–Kier alpha value is -2.25. The van der Waals surface area contributed by atoms with Crippen LogP contribution in [-0.2, 0) is 43.3 Å². The number of ether oxygens (including phenoxy) is 1. The zero-order valence-electron chi connectivity index (χ0n) is 18.8. The van der Waals surface area contributed by atoms with E-state index in [2.05, 4.69) is 5.16 Å². The molecule has 0 aliphatic carbocycles. The Morgan fingerprint density at radius 1 is 1.19 bits per heavy atom. The number of alkyl halides is 3. The van der Waals surface area contributed by atoms with E-state index in [4.69, 9.17) is 37.3 Å². The summed E-state index contributed by atoms with van der Waals surface area (Å²) in [6.07, 6.45) is -5.67. The third-order valence-electron chi connectivity index (χ3n) is 6.81. The van der Waals surface area contributed by atoms with E-state index in [0.29, 0.717) is 5.56 Å². The monoisotopic (exact) mass is 580 g/mol. The zero-order valence-corrected chi connectivity index (χ0v) is 21.1. The van der Waals surface area contributed by atoms with Gasteiger partial charge in [0.05, 0.1) is 41.2 Å². The van der Waals surface area contributed by atoms with Gasteiger partial charge < -0.3 is 19.0 Å². The van der Waals surface area contributed by atoms with E-state index < -0.39 is 56.3 Å². The van der Waals surface area contributed by atoms with Gasteiger partial charge in [0.2, 0.25) is 5.91 Å². The average molecular weight is 581 g/mol. The zero-order chi connectivity index (χ0) is 26.8. The molecule has 0 radical (unpaired) electrons. The van der Waals surface area contributed by atoms with Crippen LogP contribution in [0.4, 0.5) is 17.6 Å². The van der Waals surface area contributed by atoms with E-state index in [1.807, 2.05) is 0 Å². The largest absolute Gasteiger partial charge is 0.435 e. The number of benzene rings is 2. The Balaban J connectivity index is 1.36. The van der Waals surface area contributed by atoms with Crippen LogP contribution < -0.4 is 0 Å². The number of rotatable bonds is 5. The first-order chi connectivity index (χ1) is 17.3. The molecule has 2 aromatic carbocycles. The molecule has 1 saturated heterocycles. The topological polar surface area (TPSA) is 88.4 Å². The third kappa shape index (κ3) is 4.42. The predicted octanol–water partition coefficient (Wildman–Crippen LogP) is 4.89. The van der Waals surface area contributed by atoms with Crippen LogP contribution in [0, 0.1) is 5.82 Å². The summed E-state index contributed by atoms with van der Waals surface area (Å²) >= 11 is 9.44. The number of nitrogens with zero attached hydrogens (tertiary/aromatic N) is 2. The summed E-state index contributed by atoms with van der Waals surface area (Å²) in [5.74, 6) is -1.44. The highest BCUT2D eigenvalue weighted by molar-refractivity contribution is 7.79. The summed E-state index contributed by atoms with van der Waals surface area (Å²) in [6, 6.07) is 6.66. The summed E-state index contributed by atoms with van der Waals surface area (Å²) < 4.78 is 82.3. The van der Waals surface area contributed by atoms with Gasteiger partial charge in [-0.15, -0.1) is 0 Å². The van der Waals surface area contributed by atoms with Crippen molar-refractivity contribution in [2.24, 2.45) is 5.16 Å². The van der Waals surface area contributed by atoms with E-state index >= 15 is 0 Å². The molecule has 14 heteroatoms. The van der Waals surface area contributed by atoms with Crippen molar-refractivity contribution in [2.75, 3.05) is 18.8 Å². The maximum absolute atomic E-state index is 14.3. The van der Waals surface area contributed by atoms with Crippen LogP contribution in [0.3, 0.4) is 0 Å². The molecule has 2 aromatic rings. The van der Waals surface area contributed by atoms with E-state index in [1.165, 1.54) is 4.90 Å². The second-order valence-electron chi connectivity index (χ2n) is 9.06. The molecule has 2 atom stereocenters. The number of likely N-dealkylation sites (tertiary alicyclic amines) is 1. The number of amides is 1. The average Bonchev–Trinajstić information content (AvgIpc) is 3.42. The fourth-order valence-corrected chi connectivity index (χ4v) is 5.66. The van der Waals surface area contributed by atoms with Crippen LogP contribution in [0.5, 0.6) is 0 Å². The van der Waals surface area contributed by atoms with Gasteiger partial charge in [-0.3, -0.25) is 4.79 Å². The molecule has 1 unspecified atom stereocenters. The van der Waals surface area contributed by atoms with Crippen molar-refractivity contribution in [3.63, 3.8) is 0 Å². The van der Waals surface area contributed by atoms with Crippen LogP contribution in [0.15, 0.2) is 35.5 Å². The van der Waals surface area contributed by atoms with Crippen molar-refractivity contribution in [3.8, 4) is 0 Å². The highest BCUT2D eigenvalue weighted by atomic mass is 35.5. The Kier molecular flexibility index (Phi) is 6.55. The molecule has 0 bridgehead atoms. The lowest BCUT2D eigenvalue weighted by atomic mass is 9.83. The van der Waals surface area contributed by atoms with Gasteiger partial charge in [-0.25, -0.2) is 8.60 Å². The minimum Gasteiger partial charge on any atom is -0.374 e. The summed E-state index contributed by atoms with van der Waals surface area (Å²) in [7, 11) is 0. The minimum atomic E-state index is -4.92. The first-order valence-electron chi connectivity index (χ1n) is 10.9. The molecule has 0 aromatic heterocycles. The number of halogens is 6. The molecule has 1 spiro atoms.